The molecule has 1 fully saturated rings. The van der Waals surface area contributed by atoms with E-state index >= 15 is 0 Å². The molecule has 3 nitrogen and oxygen atoms in total. The van der Waals surface area contributed by atoms with Gasteiger partial charge in [-0.2, -0.15) is 0 Å². The number of hydrogen-bond acceptors (Lipinski definition) is 3. The standard InChI is InChI=1S/C26H31NO2S/c28-26(29)13-5-7-20-14-17-27(18-15-20)16-6-11-23-22-9-2-1-8-21(22)19-30-25-12-4-3-10-24(23)25/h1-4,8-12,20H,5-7,13-19H2,(H,28,29). The van der Waals surface area contributed by atoms with Crippen molar-refractivity contribution >= 4 is 23.3 Å². The fraction of sp³-hybridized carbons (Fsp3) is 0.423. The molecule has 2 heterocycles. The highest BCUT2D eigenvalue weighted by molar-refractivity contribution is 7.98. The van der Waals surface area contributed by atoms with Crippen molar-refractivity contribution in [3.05, 3.63) is 71.3 Å². The molecular weight excluding hydrogens is 390 g/mol. The first-order valence-electron chi connectivity index (χ1n) is 11.2. The Hall–Kier alpha value is -2.04. The Morgan fingerprint density at radius 2 is 1.80 bits per heavy atom. The van der Waals surface area contributed by atoms with Crippen molar-refractivity contribution in [3.8, 4) is 0 Å². The largest absolute Gasteiger partial charge is 0.481 e. The van der Waals surface area contributed by atoms with E-state index in [0.717, 1.165) is 44.6 Å². The summed E-state index contributed by atoms with van der Waals surface area (Å²) < 4.78 is 0. The van der Waals surface area contributed by atoms with E-state index in [1.807, 2.05) is 11.8 Å². The molecule has 2 aliphatic rings. The first-order chi connectivity index (χ1) is 14.7. The van der Waals surface area contributed by atoms with Crippen molar-refractivity contribution in [1.82, 2.24) is 4.90 Å². The van der Waals surface area contributed by atoms with Gasteiger partial charge in [-0.05, 0) is 79.4 Å². The second-order valence-electron chi connectivity index (χ2n) is 8.42. The van der Waals surface area contributed by atoms with E-state index in [9.17, 15) is 4.79 Å². The minimum Gasteiger partial charge on any atom is -0.481 e. The Kier molecular flexibility index (Phi) is 7.29. The zero-order chi connectivity index (χ0) is 20.8. The molecular formula is C26H31NO2S. The predicted octanol–water partition coefficient (Wildman–Crippen LogP) is 6.08. The first-order valence-corrected chi connectivity index (χ1v) is 12.1. The van der Waals surface area contributed by atoms with E-state index in [1.165, 1.54) is 40.0 Å². The molecule has 0 spiro atoms. The number of thioether (sulfide) groups is 1. The quantitative estimate of drug-likeness (QED) is 0.588. The number of carboxylic acid groups (broad SMARTS) is 1. The zero-order valence-electron chi connectivity index (χ0n) is 17.6. The molecule has 0 amide bonds. The molecule has 30 heavy (non-hydrogen) atoms. The molecule has 0 aliphatic carbocycles. The van der Waals surface area contributed by atoms with Crippen molar-refractivity contribution in [1.29, 1.82) is 0 Å². The third-order valence-corrected chi connectivity index (χ3v) is 7.49. The fourth-order valence-electron chi connectivity index (χ4n) is 4.68. The number of hydrogen-bond donors (Lipinski definition) is 1. The molecule has 2 aromatic rings. The van der Waals surface area contributed by atoms with Crippen LogP contribution in [-0.4, -0.2) is 35.6 Å². The number of carboxylic acids is 1. The van der Waals surface area contributed by atoms with Crippen LogP contribution in [0.4, 0.5) is 0 Å². The topological polar surface area (TPSA) is 40.5 Å². The SMILES string of the molecule is O=C(O)CCCC1CCN(CCC=C2c3ccccc3CSc3ccccc32)CC1. The summed E-state index contributed by atoms with van der Waals surface area (Å²) in [7, 11) is 0. The van der Waals surface area contributed by atoms with Crippen LogP contribution in [0, 0.1) is 5.92 Å². The lowest BCUT2D eigenvalue weighted by atomic mass is 9.91. The molecule has 1 saturated heterocycles. The summed E-state index contributed by atoms with van der Waals surface area (Å²) >= 11 is 1.94. The highest BCUT2D eigenvalue weighted by atomic mass is 32.2. The number of nitrogens with zero attached hydrogens (tertiary/aromatic N) is 1. The Morgan fingerprint density at radius 3 is 2.60 bits per heavy atom. The van der Waals surface area contributed by atoms with Crippen molar-refractivity contribution in [2.75, 3.05) is 19.6 Å². The molecule has 2 aliphatic heterocycles. The number of piperidine rings is 1. The highest BCUT2D eigenvalue weighted by Gasteiger charge is 2.20. The maximum Gasteiger partial charge on any atom is 0.303 e. The van der Waals surface area contributed by atoms with Crippen LogP contribution >= 0.6 is 11.8 Å². The molecule has 1 N–H and O–H groups in total. The van der Waals surface area contributed by atoms with Gasteiger partial charge >= 0.3 is 5.97 Å². The normalized spacial score (nSPS) is 18.6. The number of benzene rings is 2. The molecule has 4 heteroatoms. The van der Waals surface area contributed by atoms with Crippen molar-refractivity contribution in [2.24, 2.45) is 5.92 Å². The van der Waals surface area contributed by atoms with Crippen LogP contribution in [0.3, 0.4) is 0 Å². The summed E-state index contributed by atoms with van der Waals surface area (Å²) in [6, 6.07) is 17.6. The van der Waals surface area contributed by atoms with Gasteiger partial charge in [0.05, 0.1) is 0 Å². The van der Waals surface area contributed by atoms with E-state index in [0.29, 0.717) is 12.3 Å². The monoisotopic (exact) mass is 421 g/mol. The minimum absolute atomic E-state index is 0.315. The van der Waals surface area contributed by atoms with Gasteiger partial charge in [-0.1, -0.05) is 48.5 Å². The van der Waals surface area contributed by atoms with E-state index in [-0.39, 0.29) is 0 Å². The van der Waals surface area contributed by atoms with E-state index in [1.54, 1.807) is 0 Å². The summed E-state index contributed by atoms with van der Waals surface area (Å²) in [5.41, 5.74) is 5.55. The van der Waals surface area contributed by atoms with Crippen molar-refractivity contribution in [3.63, 3.8) is 0 Å². The number of likely N-dealkylation sites (tertiary alicyclic amines) is 1. The zero-order valence-corrected chi connectivity index (χ0v) is 18.4. The van der Waals surface area contributed by atoms with Crippen LogP contribution in [0.5, 0.6) is 0 Å². The van der Waals surface area contributed by atoms with Gasteiger partial charge in [0.2, 0.25) is 0 Å². The Morgan fingerprint density at radius 1 is 1.07 bits per heavy atom. The lowest BCUT2D eigenvalue weighted by molar-refractivity contribution is -0.137. The van der Waals surface area contributed by atoms with Crippen LogP contribution in [0.25, 0.3) is 5.57 Å². The average Bonchev–Trinajstić information content (AvgIpc) is 2.92. The van der Waals surface area contributed by atoms with Crippen LogP contribution in [0.1, 0.15) is 55.2 Å². The molecule has 0 unspecified atom stereocenters. The van der Waals surface area contributed by atoms with Crippen LogP contribution in [0.15, 0.2) is 59.5 Å². The molecule has 0 saturated carbocycles. The van der Waals surface area contributed by atoms with Crippen molar-refractivity contribution in [2.45, 2.75) is 49.2 Å². The molecule has 4 rings (SSSR count). The number of carbonyl (C=O) groups is 1. The summed E-state index contributed by atoms with van der Waals surface area (Å²) in [5.74, 6) is 1.07. The van der Waals surface area contributed by atoms with E-state index < -0.39 is 5.97 Å². The Labute approximate surface area is 184 Å². The van der Waals surface area contributed by atoms with Gasteiger partial charge in [-0.3, -0.25) is 4.79 Å². The van der Waals surface area contributed by atoms with Crippen LogP contribution in [-0.2, 0) is 10.5 Å². The Bertz CT molecular complexity index is 850. The number of rotatable bonds is 7. The molecule has 0 bridgehead atoms. The molecule has 158 valence electrons. The third kappa shape index (κ3) is 5.35. The predicted molar refractivity (Wildman–Crippen MR) is 125 cm³/mol. The van der Waals surface area contributed by atoms with Crippen LogP contribution < -0.4 is 0 Å². The third-order valence-electron chi connectivity index (χ3n) is 6.37. The summed E-state index contributed by atoms with van der Waals surface area (Å²) in [6.07, 6.45) is 8.12. The number of fused-ring (bicyclic) bond motifs is 2. The maximum atomic E-state index is 10.7. The van der Waals surface area contributed by atoms with Gasteiger partial charge in [-0.25, -0.2) is 0 Å². The lowest BCUT2D eigenvalue weighted by Crippen LogP contribution is -2.34. The highest BCUT2D eigenvalue weighted by Crippen LogP contribution is 2.40. The average molecular weight is 422 g/mol. The van der Waals surface area contributed by atoms with Crippen LogP contribution in [0.2, 0.25) is 0 Å². The van der Waals surface area contributed by atoms with Gasteiger partial charge < -0.3 is 10.0 Å². The summed E-state index contributed by atoms with van der Waals surface area (Å²) in [5, 5.41) is 8.81. The molecule has 0 aromatic heterocycles. The number of aliphatic carboxylic acids is 1. The molecule has 0 atom stereocenters. The smallest absolute Gasteiger partial charge is 0.303 e. The van der Waals surface area contributed by atoms with Crippen molar-refractivity contribution < 1.29 is 9.90 Å². The Balaban J connectivity index is 1.37. The minimum atomic E-state index is -0.666. The second-order valence-corrected chi connectivity index (χ2v) is 9.44. The first kappa shape index (κ1) is 21.2. The van der Waals surface area contributed by atoms with E-state index in [4.69, 9.17) is 5.11 Å². The van der Waals surface area contributed by atoms with Gasteiger partial charge in [0.1, 0.15) is 0 Å². The van der Waals surface area contributed by atoms with Gasteiger partial charge in [-0.15, -0.1) is 11.8 Å². The molecule has 2 aromatic carbocycles. The summed E-state index contributed by atoms with van der Waals surface area (Å²) in [6.45, 7) is 3.39. The lowest BCUT2D eigenvalue weighted by Gasteiger charge is -2.31. The van der Waals surface area contributed by atoms with Gasteiger partial charge in [0.15, 0.2) is 0 Å². The van der Waals surface area contributed by atoms with E-state index in [2.05, 4.69) is 59.5 Å². The molecule has 0 radical (unpaired) electrons. The second kappa shape index (κ2) is 10.3. The van der Waals surface area contributed by atoms with Gasteiger partial charge in [0.25, 0.3) is 0 Å². The maximum absolute atomic E-state index is 10.7. The summed E-state index contributed by atoms with van der Waals surface area (Å²) in [4.78, 5) is 14.7. The fourth-order valence-corrected chi connectivity index (χ4v) is 5.75. The van der Waals surface area contributed by atoms with Gasteiger partial charge in [0, 0.05) is 23.6 Å².